The van der Waals surface area contributed by atoms with Gasteiger partial charge in [0.25, 0.3) is 5.82 Å². The van der Waals surface area contributed by atoms with E-state index in [9.17, 15) is 0 Å². The summed E-state index contributed by atoms with van der Waals surface area (Å²) in [7, 11) is 2.18. The lowest BCUT2D eigenvalue weighted by molar-refractivity contribution is -0.633. The normalized spacial score (nSPS) is 11.7. The smallest absolute Gasteiger partial charge is 0.299 e. The predicted octanol–water partition coefficient (Wildman–Crippen LogP) is 12.5. The fourth-order valence-corrected chi connectivity index (χ4v) is 7.64. The highest BCUT2D eigenvalue weighted by atomic mass is 16.3. The Kier molecular flexibility index (Phi) is 7.65. The van der Waals surface area contributed by atoms with Gasteiger partial charge in [0.15, 0.2) is 22.3 Å². The number of furan rings is 1. The first-order valence-electron chi connectivity index (χ1n) is 17.4. The lowest BCUT2D eigenvalue weighted by atomic mass is 9.88. The largest absolute Gasteiger partial charge is 0.455 e. The van der Waals surface area contributed by atoms with Gasteiger partial charge in [-0.2, -0.15) is 4.57 Å². The second-order valence-electron chi connectivity index (χ2n) is 14.0. The van der Waals surface area contributed by atoms with Crippen LogP contribution in [0.1, 0.15) is 56.2 Å². The molecule has 4 heteroatoms. The van der Waals surface area contributed by atoms with Crippen molar-refractivity contribution in [3.63, 3.8) is 0 Å². The maximum absolute atomic E-state index is 7.72. The van der Waals surface area contributed by atoms with Gasteiger partial charge in [0.05, 0.1) is 13.6 Å². The molecule has 0 aliphatic carbocycles. The van der Waals surface area contributed by atoms with Gasteiger partial charge in [0.2, 0.25) is 0 Å². The number of aryl methyl sites for hydroxylation is 2. The van der Waals surface area contributed by atoms with Crippen LogP contribution < -0.4 is 4.57 Å². The molecule has 0 atom stereocenters. The second-order valence-corrected chi connectivity index (χ2v) is 14.0. The molecular formula is C46H40N3O+. The summed E-state index contributed by atoms with van der Waals surface area (Å²) < 4.78 is 11.8. The van der Waals surface area contributed by atoms with Gasteiger partial charge >= 0.3 is 0 Å². The minimum absolute atomic E-state index is 0.283. The van der Waals surface area contributed by atoms with Crippen molar-refractivity contribution in [2.75, 3.05) is 0 Å². The summed E-state index contributed by atoms with van der Waals surface area (Å²) in [4.78, 5) is 3.78. The number of hydrogen-bond acceptors (Lipinski definition) is 1. The zero-order valence-corrected chi connectivity index (χ0v) is 29.5. The third kappa shape index (κ3) is 4.92. The first-order valence-corrected chi connectivity index (χ1v) is 17.4. The van der Waals surface area contributed by atoms with E-state index < -0.39 is 0 Å². The Labute approximate surface area is 293 Å². The summed E-state index contributed by atoms with van der Waals surface area (Å²) in [6.45, 7) is 19.1. The van der Waals surface area contributed by atoms with Crippen LogP contribution in [0.4, 0.5) is 5.69 Å². The van der Waals surface area contributed by atoms with E-state index in [1.165, 1.54) is 27.9 Å². The van der Waals surface area contributed by atoms with Crippen molar-refractivity contribution < 1.29 is 8.98 Å². The first-order chi connectivity index (χ1) is 24.3. The topological polar surface area (TPSA) is 26.3 Å². The average Bonchev–Trinajstić information content (AvgIpc) is 3.65. The van der Waals surface area contributed by atoms with E-state index in [-0.39, 0.29) is 11.8 Å². The standard InChI is InChI=1S/C46H40N3O/c1-28(2)37-25-33(31-15-9-8-10-16-31)26-38(29(3)4)44(37)49-41-20-14-13-19-40(41)48(7)46(49)43-30(5)21-23-36-35-24-22-32(27-42(35)50-45(36)43)34-17-11-12-18-39(34)47-6/h8-29H,1-5,7H3/q+1. The molecule has 2 aromatic heterocycles. The van der Waals surface area contributed by atoms with Crippen molar-refractivity contribution in [1.82, 2.24) is 4.57 Å². The molecule has 0 bridgehead atoms. The summed E-state index contributed by atoms with van der Waals surface area (Å²) in [5.41, 5.74) is 15.1. The second kappa shape index (κ2) is 12.2. The van der Waals surface area contributed by atoms with Crippen LogP contribution in [-0.2, 0) is 7.05 Å². The molecule has 0 unspecified atom stereocenters. The minimum atomic E-state index is 0.283. The highest BCUT2D eigenvalue weighted by Crippen LogP contribution is 2.44. The van der Waals surface area contributed by atoms with E-state index in [2.05, 4.69) is 153 Å². The highest BCUT2D eigenvalue weighted by molar-refractivity contribution is 6.11. The van der Waals surface area contributed by atoms with Crippen molar-refractivity contribution >= 4 is 38.7 Å². The SMILES string of the molecule is [C-]#[N+]c1ccccc1-c1ccc2c(c1)oc1c(-c3n(-c4c(C(C)C)cc(-c5ccccc5)cc4C(C)C)c4ccccc4[n+]3C)c(C)ccc12. The molecule has 0 saturated heterocycles. The molecule has 0 spiro atoms. The van der Waals surface area contributed by atoms with Gasteiger partial charge < -0.3 is 4.42 Å². The quantitative estimate of drug-likeness (QED) is 0.130. The summed E-state index contributed by atoms with van der Waals surface area (Å²) in [5, 5.41) is 2.14. The van der Waals surface area contributed by atoms with E-state index in [1.54, 1.807) is 0 Å². The number of para-hydroxylation sites is 3. The average molecular weight is 651 g/mol. The fraction of sp³-hybridized carbons (Fsp3) is 0.174. The maximum Gasteiger partial charge on any atom is 0.299 e. The van der Waals surface area contributed by atoms with E-state index in [4.69, 9.17) is 11.0 Å². The molecule has 4 nitrogen and oxygen atoms in total. The van der Waals surface area contributed by atoms with Crippen molar-refractivity contribution in [3.05, 3.63) is 149 Å². The fourth-order valence-electron chi connectivity index (χ4n) is 7.64. The van der Waals surface area contributed by atoms with Crippen LogP contribution >= 0.6 is 0 Å². The highest BCUT2D eigenvalue weighted by Gasteiger charge is 2.34. The van der Waals surface area contributed by atoms with Crippen molar-refractivity contribution in [3.8, 4) is 39.3 Å². The molecule has 2 heterocycles. The number of fused-ring (bicyclic) bond motifs is 4. The van der Waals surface area contributed by atoms with Gasteiger partial charge in [0.1, 0.15) is 16.8 Å². The Morgan fingerprint density at radius 2 is 1.34 bits per heavy atom. The zero-order chi connectivity index (χ0) is 34.7. The van der Waals surface area contributed by atoms with Crippen molar-refractivity contribution in [1.29, 1.82) is 0 Å². The molecule has 0 amide bonds. The van der Waals surface area contributed by atoms with Gasteiger partial charge in [0, 0.05) is 21.9 Å². The molecule has 0 saturated carbocycles. The molecule has 6 aromatic carbocycles. The molecule has 0 radical (unpaired) electrons. The molecule has 0 fully saturated rings. The number of aromatic nitrogens is 2. The van der Waals surface area contributed by atoms with Crippen LogP contribution in [0.15, 0.2) is 126 Å². The molecule has 0 aliphatic rings. The van der Waals surface area contributed by atoms with Crippen LogP contribution in [-0.4, -0.2) is 4.57 Å². The van der Waals surface area contributed by atoms with Crippen LogP contribution in [0.2, 0.25) is 0 Å². The monoisotopic (exact) mass is 650 g/mol. The Morgan fingerprint density at radius 3 is 2.06 bits per heavy atom. The molecule has 0 N–H and O–H groups in total. The van der Waals surface area contributed by atoms with Crippen LogP contribution in [0.25, 0.3) is 77.1 Å². The van der Waals surface area contributed by atoms with Crippen LogP contribution in [0.5, 0.6) is 0 Å². The Bertz CT molecular complexity index is 2600. The number of nitrogens with zero attached hydrogens (tertiary/aromatic N) is 3. The maximum atomic E-state index is 7.72. The number of benzene rings is 6. The molecular weight excluding hydrogens is 611 g/mol. The third-order valence-corrected chi connectivity index (χ3v) is 10.2. The Morgan fingerprint density at radius 1 is 0.680 bits per heavy atom. The summed E-state index contributed by atoms with van der Waals surface area (Å²) in [5.74, 6) is 1.65. The summed E-state index contributed by atoms with van der Waals surface area (Å²) in [6, 6.07) is 42.8. The van der Waals surface area contributed by atoms with Crippen LogP contribution in [0.3, 0.4) is 0 Å². The van der Waals surface area contributed by atoms with Crippen molar-refractivity contribution in [2.45, 2.75) is 46.5 Å². The summed E-state index contributed by atoms with van der Waals surface area (Å²) >= 11 is 0. The lowest BCUT2D eigenvalue weighted by Crippen LogP contribution is -2.30. The predicted molar refractivity (Wildman–Crippen MR) is 207 cm³/mol. The van der Waals surface area contributed by atoms with E-state index in [0.717, 1.165) is 61.1 Å². The minimum Gasteiger partial charge on any atom is -0.455 e. The molecule has 8 aromatic rings. The van der Waals surface area contributed by atoms with Gasteiger partial charge in [-0.25, -0.2) is 9.41 Å². The third-order valence-electron chi connectivity index (χ3n) is 10.2. The van der Waals surface area contributed by atoms with Crippen LogP contribution in [0, 0.1) is 13.5 Å². The molecule has 50 heavy (non-hydrogen) atoms. The lowest BCUT2D eigenvalue weighted by Gasteiger charge is -2.21. The number of hydrogen-bond donors (Lipinski definition) is 0. The van der Waals surface area contributed by atoms with Gasteiger partial charge in [-0.1, -0.05) is 113 Å². The Balaban J connectivity index is 1.46. The Hall–Kier alpha value is -5.92. The molecule has 0 aliphatic heterocycles. The van der Waals surface area contributed by atoms with Gasteiger partial charge in [-0.3, -0.25) is 0 Å². The zero-order valence-electron chi connectivity index (χ0n) is 29.5. The molecule has 8 rings (SSSR count). The van der Waals surface area contributed by atoms with Gasteiger partial charge in [-0.15, -0.1) is 0 Å². The van der Waals surface area contributed by atoms with Gasteiger partial charge in [-0.05, 0) is 83.0 Å². The summed E-state index contributed by atoms with van der Waals surface area (Å²) in [6.07, 6.45) is 0. The van der Waals surface area contributed by atoms with E-state index in [1.807, 2.05) is 24.3 Å². The molecule has 244 valence electrons. The number of imidazole rings is 1. The van der Waals surface area contributed by atoms with Crippen molar-refractivity contribution in [2.24, 2.45) is 7.05 Å². The van der Waals surface area contributed by atoms with E-state index >= 15 is 0 Å². The van der Waals surface area contributed by atoms with E-state index in [0.29, 0.717) is 5.69 Å². The first kappa shape index (κ1) is 31.4. The number of rotatable bonds is 6.